The molecular weight excluding hydrogens is 198 g/mol. The summed E-state index contributed by atoms with van der Waals surface area (Å²) in [6.07, 6.45) is 3.03. The van der Waals surface area contributed by atoms with Gasteiger partial charge in [-0.3, -0.25) is 4.79 Å². The summed E-state index contributed by atoms with van der Waals surface area (Å²) in [7, 11) is 0. The fourth-order valence-electron chi connectivity index (χ4n) is 1.19. The summed E-state index contributed by atoms with van der Waals surface area (Å²) in [6.45, 7) is 4.41. The number of carbonyl (C=O) groups is 1. The lowest BCUT2D eigenvalue weighted by molar-refractivity contribution is -0.138. The first kappa shape index (κ1) is 13.8. The fourth-order valence-corrected chi connectivity index (χ4v) is 2.35. The van der Waals surface area contributed by atoms with Gasteiger partial charge >= 0.3 is 5.97 Å². The molecule has 4 heteroatoms. The van der Waals surface area contributed by atoms with E-state index in [4.69, 9.17) is 10.8 Å². The third kappa shape index (κ3) is 7.21. The summed E-state index contributed by atoms with van der Waals surface area (Å²) in [5.74, 6) is 1.79. The number of carboxylic acid groups (broad SMARTS) is 1. The highest BCUT2D eigenvalue weighted by molar-refractivity contribution is 7.99. The number of aliphatic carboxylic acids is 1. The second kappa shape index (κ2) is 8.12. The van der Waals surface area contributed by atoms with E-state index in [1.165, 1.54) is 12.8 Å². The van der Waals surface area contributed by atoms with Crippen molar-refractivity contribution < 1.29 is 9.90 Å². The smallest absolute Gasteiger partial charge is 0.320 e. The normalized spacial score (nSPS) is 15.1. The maximum atomic E-state index is 10.4. The van der Waals surface area contributed by atoms with Crippen molar-refractivity contribution >= 4 is 17.7 Å². The molecule has 0 saturated carbocycles. The van der Waals surface area contributed by atoms with Crippen LogP contribution in [0.1, 0.15) is 33.1 Å². The summed E-state index contributed by atoms with van der Waals surface area (Å²) in [5, 5.41) is 8.54. The van der Waals surface area contributed by atoms with Crippen LogP contribution < -0.4 is 5.73 Å². The van der Waals surface area contributed by atoms with Crippen molar-refractivity contribution in [2.45, 2.75) is 39.2 Å². The van der Waals surface area contributed by atoms with Gasteiger partial charge in [-0.05, 0) is 23.8 Å². The van der Waals surface area contributed by atoms with E-state index < -0.39 is 12.0 Å². The van der Waals surface area contributed by atoms with E-state index in [-0.39, 0.29) is 0 Å². The quantitative estimate of drug-likeness (QED) is 0.613. The van der Waals surface area contributed by atoms with Gasteiger partial charge in [0.2, 0.25) is 0 Å². The highest BCUT2D eigenvalue weighted by Gasteiger charge is 2.10. The molecule has 2 unspecified atom stereocenters. The first-order chi connectivity index (χ1) is 6.57. The topological polar surface area (TPSA) is 63.3 Å². The SMILES string of the molecule is CCCC(C)CSCCC(N)C(=O)O. The molecule has 0 bridgehead atoms. The van der Waals surface area contributed by atoms with Crippen molar-refractivity contribution in [2.24, 2.45) is 11.7 Å². The monoisotopic (exact) mass is 219 g/mol. The molecule has 0 fully saturated rings. The third-order valence-corrected chi connectivity index (χ3v) is 3.40. The molecule has 0 aromatic carbocycles. The van der Waals surface area contributed by atoms with Crippen LogP contribution in [0, 0.1) is 5.92 Å². The molecule has 0 aliphatic rings. The Labute approximate surface area is 90.4 Å². The summed E-state index contributed by atoms with van der Waals surface area (Å²) in [4.78, 5) is 10.4. The average Bonchev–Trinajstić information content (AvgIpc) is 2.12. The van der Waals surface area contributed by atoms with E-state index in [0.29, 0.717) is 6.42 Å². The van der Waals surface area contributed by atoms with Gasteiger partial charge in [-0.25, -0.2) is 0 Å². The number of carboxylic acids is 1. The molecule has 3 N–H and O–H groups in total. The van der Waals surface area contributed by atoms with E-state index in [9.17, 15) is 4.79 Å². The van der Waals surface area contributed by atoms with Gasteiger partial charge in [-0.15, -0.1) is 0 Å². The third-order valence-electron chi connectivity index (χ3n) is 2.07. The van der Waals surface area contributed by atoms with E-state index in [0.717, 1.165) is 17.4 Å². The van der Waals surface area contributed by atoms with Gasteiger partial charge in [0.05, 0.1) is 0 Å². The summed E-state index contributed by atoms with van der Waals surface area (Å²) >= 11 is 1.80. The number of rotatable bonds is 8. The molecule has 3 nitrogen and oxygen atoms in total. The molecule has 0 amide bonds. The van der Waals surface area contributed by atoms with Crippen molar-refractivity contribution in [3.05, 3.63) is 0 Å². The average molecular weight is 219 g/mol. The Hall–Kier alpha value is -0.220. The zero-order valence-corrected chi connectivity index (χ0v) is 9.85. The van der Waals surface area contributed by atoms with Crippen LogP contribution in [0.3, 0.4) is 0 Å². The van der Waals surface area contributed by atoms with E-state index in [1.807, 2.05) is 0 Å². The lowest BCUT2D eigenvalue weighted by Crippen LogP contribution is -2.30. The maximum absolute atomic E-state index is 10.4. The molecule has 0 radical (unpaired) electrons. The summed E-state index contributed by atoms with van der Waals surface area (Å²) in [5.41, 5.74) is 5.38. The standard InChI is InChI=1S/C10H21NO2S/c1-3-4-8(2)7-14-6-5-9(11)10(12)13/h8-9H,3-7,11H2,1-2H3,(H,12,13). The molecule has 0 rings (SSSR count). The molecule has 0 heterocycles. The first-order valence-electron chi connectivity index (χ1n) is 5.14. The van der Waals surface area contributed by atoms with Crippen molar-refractivity contribution in [1.82, 2.24) is 0 Å². The zero-order chi connectivity index (χ0) is 11.0. The van der Waals surface area contributed by atoms with Gasteiger partial charge in [-0.1, -0.05) is 26.7 Å². The highest BCUT2D eigenvalue weighted by Crippen LogP contribution is 2.14. The molecule has 14 heavy (non-hydrogen) atoms. The highest BCUT2D eigenvalue weighted by atomic mass is 32.2. The summed E-state index contributed by atoms with van der Waals surface area (Å²) < 4.78 is 0. The molecular formula is C10H21NO2S. The Morgan fingerprint density at radius 2 is 2.14 bits per heavy atom. The Balaban J connectivity index is 3.33. The Morgan fingerprint density at radius 1 is 1.50 bits per heavy atom. The number of hydrogen-bond acceptors (Lipinski definition) is 3. The second-order valence-corrected chi connectivity index (χ2v) is 4.85. The minimum Gasteiger partial charge on any atom is -0.480 e. The van der Waals surface area contributed by atoms with Crippen LogP contribution in [0.5, 0.6) is 0 Å². The van der Waals surface area contributed by atoms with Gasteiger partial charge in [0.15, 0.2) is 0 Å². The molecule has 0 aromatic rings. The molecule has 0 saturated heterocycles. The molecule has 0 aromatic heterocycles. The van der Waals surface area contributed by atoms with Gasteiger partial charge in [0.1, 0.15) is 6.04 Å². The zero-order valence-electron chi connectivity index (χ0n) is 9.03. The van der Waals surface area contributed by atoms with Crippen molar-refractivity contribution in [2.75, 3.05) is 11.5 Å². The van der Waals surface area contributed by atoms with Crippen LogP contribution in [-0.2, 0) is 4.79 Å². The predicted octanol–water partition coefficient (Wildman–Crippen LogP) is 1.96. The Morgan fingerprint density at radius 3 is 2.64 bits per heavy atom. The van der Waals surface area contributed by atoms with Crippen LogP contribution in [-0.4, -0.2) is 28.6 Å². The minimum absolute atomic E-state index is 0.568. The van der Waals surface area contributed by atoms with Gasteiger partial charge in [0, 0.05) is 0 Å². The summed E-state index contributed by atoms with van der Waals surface area (Å²) in [6, 6.07) is -0.691. The van der Waals surface area contributed by atoms with Crippen molar-refractivity contribution in [1.29, 1.82) is 0 Å². The molecule has 0 aliphatic carbocycles. The van der Waals surface area contributed by atoms with E-state index >= 15 is 0 Å². The minimum atomic E-state index is -0.896. The lowest BCUT2D eigenvalue weighted by atomic mass is 10.1. The van der Waals surface area contributed by atoms with E-state index in [2.05, 4.69) is 13.8 Å². The van der Waals surface area contributed by atoms with Crippen molar-refractivity contribution in [3.8, 4) is 0 Å². The fraction of sp³-hybridized carbons (Fsp3) is 0.900. The van der Waals surface area contributed by atoms with Crippen LogP contribution in [0.25, 0.3) is 0 Å². The number of thioether (sulfide) groups is 1. The largest absolute Gasteiger partial charge is 0.480 e. The first-order valence-corrected chi connectivity index (χ1v) is 6.29. The lowest BCUT2D eigenvalue weighted by Gasteiger charge is -2.10. The van der Waals surface area contributed by atoms with Crippen LogP contribution in [0.2, 0.25) is 0 Å². The molecule has 0 spiro atoms. The second-order valence-electron chi connectivity index (χ2n) is 3.70. The van der Waals surface area contributed by atoms with Crippen LogP contribution >= 0.6 is 11.8 Å². The number of nitrogens with two attached hydrogens (primary N) is 1. The number of hydrogen-bond donors (Lipinski definition) is 2. The van der Waals surface area contributed by atoms with Gasteiger partial charge < -0.3 is 10.8 Å². The molecule has 2 atom stereocenters. The predicted molar refractivity (Wildman–Crippen MR) is 61.6 cm³/mol. The molecule has 84 valence electrons. The van der Waals surface area contributed by atoms with Crippen LogP contribution in [0.4, 0.5) is 0 Å². The van der Waals surface area contributed by atoms with Gasteiger partial charge in [0.25, 0.3) is 0 Å². The Kier molecular flexibility index (Phi) is 7.99. The van der Waals surface area contributed by atoms with E-state index in [1.54, 1.807) is 11.8 Å². The van der Waals surface area contributed by atoms with Gasteiger partial charge in [-0.2, -0.15) is 11.8 Å². The Bertz CT molecular complexity index is 164. The van der Waals surface area contributed by atoms with Crippen LogP contribution in [0.15, 0.2) is 0 Å². The van der Waals surface area contributed by atoms with Crippen molar-refractivity contribution in [3.63, 3.8) is 0 Å². The molecule has 0 aliphatic heterocycles. The maximum Gasteiger partial charge on any atom is 0.320 e.